The van der Waals surface area contributed by atoms with Gasteiger partial charge >= 0.3 is 11.6 Å². The van der Waals surface area contributed by atoms with Gasteiger partial charge in [-0.3, -0.25) is 4.79 Å². The largest absolute Gasteiger partial charge is 0.482 e. The molecule has 3 rings (SSSR count). The lowest BCUT2D eigenvalue weighted by Gasteiger charge is -2.07. The Hall–Kier alpha value is -3.55. The maximum absolute atomic E-state index is 11.7. The van der Waals surface area contributed by atoms with Crippen molar-refractivity contribution in [2.45, 2.75) is 6.54 Å². The number of hydrogen-bond donors (Lipinski definition) is 1. The Labute approximate surface area is 147 Å². The molecule has 0 bridgehead atoms. The number of nitrogens with one attached hydrogen (secondary N) is 1. The van der Waals surface area contributed by atoms with Gasteiger partial charge in [0.25, 0.3) is 5.91 Å². The number of fused-ring (bicyclic) bond motifs is 1. The molecule has 3 aromatic rings. The molecule has 0 fully saturated rings. The average molecular weight is 357 g/mol. The van der Waals surface area contributed by atoms with Crippen LogP contribution >= 0.6 is 0 Å². The van der Waals surface area contributed by atoms with Crippen LogP contribution in [0.15, 0.2) is 62.4 Å². The first kappa shape index (κ1) is 17.3. The number of ether oxygens (including phenoxy) is 2. The SMILES string of the molecule is O=C(COC(=O)COc1ccc2ccc(=O)oc2c1)NCc1ccco1. The maximum Gasteiger partial charge on any atom is 0.344 e. The van der Waals surface area contributed by atoms with E-state index in [1.165, 1.54) is 18.4 Å². The van der Waals surface area contributed by atoms with E-state index in [9.17, 15) is 14.4 Å². The molecule has 8 heteroatoms. The van der Waals surface area contributed by atoms with E-state index in [0.717, 1.165) is 5.39 Å². The minimum Gasteiger partial charge on any atom is -0.482 e. The standard InChI is InChI=1S/C18H15NO7/c20-16(19-9-14-2-1-7-23-14)10-25-18(22)11-24-13-5-3-12-4-6-17(21)26-15(12)8-13/h1-8H,9-11H2,(H,19,20). The van der Waals surface area contributed by atoms with Crippen molar-refractivity contribution in [2.75, 3.05) is 13.2 Å². The highest BCUT2D eigenvalue weighted by Gasteiger charge is 2.09. The molecule has 8 nitrogen and oxygen atoms in total. The molecule has 0 saturated heterocycles. The minimum absolute atomic E-state index is 0.210. The maximum atomic E-state index is 11.7. The van der Waals surface area contributed by atoms with Crippen LogP contribution in [0.25, 0.3) is 11.0 Å². The van der Waals surface area contributed by atoms with Gasteiger partial charge in [-0.05, 0) is 30.3 Å². The molecule has 1 N–H and O–H groups in total. The van der Waals surface area contributed by atoms with Gasteiger partial charge in [0.1, 0.15) is 17.1 Å². The molecule has 0 saturated carbocycles. The first-order valence-electron chi connectivity index (χ1n) is 7.71. The molecule has 0 unspecified atom stereocenters. The second-order valence-corrected chi connectivity index (χ2v) is 5.26. The summed E-state index contributed by atoms with van der Waals surface area (Å²) >= 11 is 0. The van der Waals surface area contributed by atoms with Gasteiger partial charge in [-0.2, -0.15) is 0 Å². The summed E-state index contributed by atoms with van der Waals surface area (Å²) in [7, 11) is 0. The minimum atomic E-state index is -0.701. The van der Waals surface area contributed by atoms with Gasteiger partial charge in [0, 0.05) is 17.5 Å². The molecule has 1 amide bonds. The third-order valence-corrected chi connectivity index (χ3v) is 3.36. The Balaban J connectivity index is 1.43. The van der Waals surface area contributed by atoms with Crippen LogP contribution in [0.5, 0.6) is 5.75 Å². The summed E-state index contributed by atoms with van der Waals surface area (Å²) in [5, 5.41) is 3.28. The van der Waals surface area contributed by atoms with Gasteiger partial charge in [0.05, 0.1) is 12.8 Å². The van der Waals surface area contributed by atoms with E-state index in [1.807, 2.05) is 0 Å². The third kappa shape index (κ3) is 4.73. The molecule has 2 heterocycles. The predicted molar refractivity (Wildman–Crippen MR) is 89.5 cm³/mol. The first-order chi connectivity index (χ1) is 12.6. The summed E-state index contributed by atoms with van der Waals surface area (Å²) in [5.74, 6) is -0.225. The van der Waals surface area contributed by atoms with E-state index >= 15 is 0 Å². The number of esters is 1. The Morgan fingerprint density at radius 1 is 1.08 bits per heavy atom. The average Bonchev–Trinajstić information content (AvgIpc) is 3.16. The molecular formula is C18H15NO7. The summed E-state index contributed by atoms with van der Waals surface area (Å²) in [6.45, 7) is -0.592. The fraction of sp³-hybridized carbons (Fsp3) is 0.167. The number of amides is 1. The summed E-state index contributed by atoms with van der Waals surface area (Å²) in [5.41, 5.74) is -0.129. The zero-order chi connectivity index (χ0) is 18.4. The van der Waals surface area contributed by atoms with Crippen LogP contribution in [0.3, 0.4) is 0 Å². The molecule has 0 radical (unpaired) electrons. The summed E-state index contributed by atoms with van der Waals surface area (Å²) in [6, 6.07) is 11.2. The molecule has 0 atom stereocenters. The van der Waals surface area contributed by atoms with Gasteiger partial charge in [0.15, 0.2) is 13.2 Å². The van der Waals surface area contributed by atoms with E-state index in [-0.39, 0.29) is 13.2 Å². The second kappa shape index (κ2) is 8.02. The van der Waals surface area contributed by atoms with Crippen molar-refractivity contribution in [3.63, 3.8) is 0 Å². The molecular weight excluding hydrogens is 342 g/mol. The zero-order valence-electron chi connectivity index (χ0n) is 13.6. The van der Waals surface area contributed by atoms with Crippen molar-refractivity contribution in [2.24, 2.45) is 0 Å². The molecule has 0 spiro atoms. The Kier molecular flexibility index (Phi) is 5.33. The monoisotopic (exact) mass is 357 g/mol. The fourth-order valence-corrected chi connectivity index (χ4v) is 2.11. The van der Waals surface area contributed by atoms with Gasteiger partial charge in [0.2, 0.25) is 0 Å². The van der Waals surface area contributed by atoms with Crippen LogP contribution < -0.4 is 15.7 Å². The van der Waals surface area contributed by atoms with Gasteiger partial charge in [-0.25, -0.2) is 9.59 Å². The fourth-order valence-electron chi connectivity index (χ4n) is 2.11. The van der Waals surface area contributed by atoms with Crippen molar-refractivity contribution in [1.82, 2.24) is 5.32 Å². The normalized spacial score (nSPS) is 10.5. The van der Waals surface area contributed by atoms with Crippen molar-refractivity contribution in [3.05, 3.63) is 64.9 Å². The highest BCUT2D eigenvalue weighted by Crippen LogP contribution is 2.19. The van der Waals surface area contributed by atoms with Crippen LogP contribution in [0.4, 0.5) is 0 Å². The van der Waals surface area contributed by atoms with E-state index < -0.39 is 24.1 Å². The lowest BCUT2D eigenvalue weighted by Crippen LogP contribution is -2.29. The number of hydrogen-bond acceptors (Lipinski definition) is 7. The number of rotatable bonds is 7. The summed E-state index contributed by atoms with van der Waals surface area (Å²) in [6.07, 6.45) is 1.50. The highest BCUT2D eigenvalue weighted by molar-refractivity contribution is 5.81. The van der Waals surface area contributed by atoms with Crippen LogP contribution in [0, 0.1) is 0 Å². The Morgan fingerprint density at radius 3 is 2.73 bits per heavy atom. The molecule has 2 aromatic heterocycles. The van der Waals surface area contributed by atoms with Crippen LogP contribution in [0.2, 0.25) is 0 Å². The van der Waals surface area contributed by atoms with Crippen molar-refractivity contribution >= 4 is 22.8 Å². The third-order valence-electron chi connectivity index (χ3n) is 3.36. The van der Waals surface area contributed by atoms with Crippen molar-refractivity contribution < 1.29 is 27.9 Å². The van der Waals surface area contributed by atoms with Gasteiger partial charge in [-0.1, -0.05) is 0 Å². The lowest BCUT2D eigenvalue weighted by atomic mass is 10.2. The molecule has 0 aliphatic heterocycles. The van der Waals surface area contributed by atoms with Crippen molar-refractivity contribution in [1.29, 1.82) is 0 Å². The topological polar surface area (TPSA) is 108 Å². The summed E-state index contributed by atoms with van der Waals surface area (Å²) in [4.78, 5) is 34.4. The van der Waals surface area contributed by atoms with Crippen LogP contribution in [-0.2, 0) is 20.9 Å². The van der Waals surface area contributed by atoms with Crippen molar-refractivity contribution in [3.8, 4) is 5.75 Å². The molecule has 1 aromatic carbocycles. The van der Waals surface area contributed by atoms with Crippen LogP contribution in [-0.4, -0.2) is 25.1 Å². The van der Waals surface area contributed by atoms with E-state index in [2.05, 4.69) is 5.32 Å². The van der Waals surface area contributed by atoms with E-state index in [1.54, 1.807) is 30.3 Å². The first-order valence-corrected chi connectivity index (χ1v) is 7.71. The molecule has 26 heavy (non-hydrogen) atoms. The van der Waals surface area contributed by atoms with Gasteiger partial charge < -0.3 is 23.6 Å². The lowest BCUT2D eigenvalue weighted by molar-refractivity contribution is -0.150. The van der Waals surface area contributed by atoms with E-state index in [4.69, 9.17) is 18.3 Å². The summed E-state index contributed by atoms with van der Waals surface area (Å²) < 4.78 is 20.2. The highest BCUT2D eigenvalue weighted by atomic mass is 16.6. The Bertz CT molecular complexity index is 959. The number of carbonyl (C=O) groups is 2. The molecule has 0 aliphatic carbocycles. The van der Waals surface area contributed by atoms with E-state index in [0.29, 0.717) is 17.1 Å². The smallest absolute Gasteiger partial charge is 0.344 e. The number of furan rings is 1. The van der Waals surface area contributed by atoms with Crippen LogP contribution in [0.1, 0.15) is 5.76 Å². The number of carbonyl (C=O) groups excluding carboxylic acids is 2. The zero-order valence-corrected chi connectivity index (χ0v) is 13.6. The second-order valence-electron chi connectivity index (χ2n) is 5.26. The Morgan fingerprint density at radius 2 is 1.92 bits per heavy atom. The molecule has 0 aliphatic rings. The molecule has 134 valence electrons. The number of benzene rings is 1. The predicted octanol–water partition coefficient (Wildman–Crippen LogP) is 1.62. The quantitative estimate of drug-likeness (QED) is 0.506. The van der Waals surface area contributed by atoms with Gasteiger partial charge in [-0.15, -0.1) is 0 Å².